The van der Waals surface area contributed by atoms with Gasteiger partial charge in [0.25, 0.3) is 0 Å². The summed E-state index contributed by atoms with van der Waals surface area (Å²) >= 11 is 1.67. The lowest BCUT2D eigenvalue weighted by Crippen LogP contribution is -2.10. The minimum absolute atomic E-state index is 0.185. The first-order chi connectivity index (χ1) is 10.3. The first-order valence-electron chi connectivity index (χ1n) is 7.36. The summed E-state index contributed by atoms with van der Waals surface area (Å²) in [6.07, 6.45) is 4.65. The van der Waals surface area contributed by atoms with E-state index in [2.05, 4.69) is 22.3 Å². The fourth-order valence-electron chi connectivity index (χ4n) is 2.55. The zero-order chi connectivity index (χ0) is 14.5. The summed E-state index contributed by atoms with van der Waals surface area (Å²) in [7, 11) is 0. The molecule has 1 aromatic carbocycles. The van der Waals surface area contributed by atoms with Gasteiger partial charge in [-0.15, -0.1) is 11.8 Å². The molecule has 1 heterocycles. The zero-order valence-electron chi connectivity index (χ0n) is 11.8. The average Bonchev–Trinajstić information content (AvgIpc) is 2.88. The van der Waals surface area contributed by atoms with E-state index >= 15 is 0 Å². The molecule has 4 nitrogen and oxygen atoms in total. The number of Topliss-reactive ketones (excluding diaryl/α,β-unsaturated/α-hetero) is 1. The Morgan fingerprint density at radius 1 is 1.19 bits per heavy atom. The lowest BCUT2D eigenvalue weighted by atomic mass is 9.99. The summed E-state index contributed by atoms with van der Waals surface area (Å²) in [5.41, 5.74) is 0. The highest BCUT2D eigenvalue weighted by Crippen LogP contribution is 2.29. The number of carbonyl (C=O) groups is 1. The number of nitrogens with zero attached hydrogens (tertiary/aromatic N) is 2. The highest BCUT2D eigenvalue weighted by atomic mass is 32.2. The number of carbonyl (C=O) groups excluding carboxylic acids is 1. The highest BCUT2D eigenvalue weighted by Gasteiger charge is 2.27. The Kier molecular flexibility index (Phi) is 4.70. The standard InChI is InChI=1S/C16H18N2O2S/c19-14-10-6-2-5-9-13(14)16-17-15(18-20-16)11-21-12-7-3-1-4-8-12/h1,3-4,7-8,13H,2,5-6,9-11H2. The van der Waals surface area contributed by atoms with E-state index in [0.717, 1.165) is 25.7 Å². The minimum Gasteiger partial charge on any atom is -0.339 e. The molecule has 0 bridgehead atoms. The van der Waals surface area contributed by atoms with Gasteiger partial charge in [-0.1, -0.05) is 36.2 Å². The van der Waals surface area contributed by atoms with E-state index in [0.29, 0.717) is 23.9 Å². The molecule has 0 spiro atoms. The second-order valence-electron chi connectivity index (χ2n) is 5.27. The van der Waals surface area contributed by atoms with Crippen molar-refractivity contribution >= 4 is 17.5 Å². The van der Waals surface area contributed by atoms with Gasteiger partial charge in [-0.3, -0.25) is 4.79 Å². The van der Waals surface area contributed by atoms with Crippen LogP contribution in [0, 0.1) is 0 Å². The predicted molar refractivity (Wildman–Crippen MR) is 81.1 cm³/mol. The van der Waals surface area contributed by atoms with Crippen molar-refractivity contribution in [2.45, 2.75) is 48.7 Å². The third-order valence-corrected chi connectivity index (χ3v) is 4.71. The van der Waals surface area contributed by atoms with Gasteiger partial charge in [0.2, 0.25) is 5.89 Å². The van der Waals surface area contributed by atoms with Crippen LogP contribution >= 0.6 is 11.8 Å². The monoisotopic (exact) mass is 302 g/mol. The molecule has 1 aliphatic carbocycles. The quantitative estimate of drug-likeness (QED) is 0.631. The van der Waals surface area contributed by atoms with Crippen LogP contribution in [0.15, 0.2) is 39.8 Å². The molecule has 0 radical (unpaired) electrons. The number of hydrogen-bond acceptors (Lipinski definition) is 5. The Labute approximate surface area is 128 Å². The maximum absolute atomic E-state index is 12.1. The Morgan fingerprint density at radius 2 is 2.05 bits per heavy atom. The van der Waals surface area contributed by atoms with Gasteiger partial charge in [0.1, 0.15) is 5.78 Å². The van der Waals surface area contributed by atoms with E-state index in [4.69, 9.17) is 4.52 Å². The van der Waals surface area contributed by atoms with Crippen LogP contribution in [0.25, 0.3) is 0 Å². The second kappa shape index (κ2) is 6.89. The number of rotatable bonds is 4. The maximum atomic E-state index is 12.1. The molecule has 110 valence electrons. The third-order valence-electron chi connectivity index (χ3n) is 3.70. The van der Waals surface area contributed by atoms with E-state index in [1.165, 1.54) is 4.90 Å². The average molecular weight is 302 g/mol. The van der Waals surface area contributed by atoms with Gasteiger partial charge in [0.15, 0.2) is 5.82 Å². The largest absolute Gasteiger partial charge is 0.339 e. The Bertz CT molecular complexity index is 597. The topological polar surface area (TPSA) is 56.0 Å². The van der Waals surface area contributed by atoms with Crippen molar-refractivity contribution in [1.29, 1.82) is 0 Å². The number of hydrogen-bond donors (Lipinski definition) is 0. The van der Waals surface area contributed by atoms with Gasteiger partial charge >= 0.3 is 0 Å². The Morgan fingerprint density at radius 3 is 2.90 bits per heavy atom. The van der Waals surface area contributed by atoms with Gasteiger partial charge in [-0.25, -0.2) is 0 Å². The maximum Gasteiger partial charge on any atom is 0.237 e. The fourth-order valence-corrected chi connectivity index (χ4v) is 3.32. The van der Waals surface area contributed by atoms with Gasteiger partial charge in [-0.2, -0.15) is 4.98 Å². The van der Waals surface area contributed by atoms with Crippen molar-refractivity contribution in [2.24, 2.45) is 0 Å². The summed E-state index contributed by atoms with van der Waals surface area (Å²) in [4.78, 5) is 17.7. The van der Waals surface area contributed by atoms with Crippen LogP contribution in [-0.2, 0) is 10.5 Å². The van der Waals surface area contributed by atoms with Crippen LogP contribution in [-0.4, -0.2) is 15.9 Å². The van der Waals surface area contributed by atoms with Crippen molar-refractivity contribution < 1.29 is 9.32 Å². The first-order valence-corrected chi connectivity index (χ1v) is 8.34. The number of thioether (sulfide) groups is 1. The Balaban J connectivity index is 1.64. The van der Waals surface area contributed by atoms with Crippen LogP contribution in [0.2, 0.25) is 0 Å². The molecule has 0 aliphatic heterocycles. The molecular formula is C16H18N2O2S. The van der Waals surface area contributed by atoms with Gasteiger partial charge in [0, 0.05) is 11.3 Å². The van der Waals surface area contributed by atoms with Crippen molar-refractivity contribution in [1.82, 2.24) is 10.1 Å². The molecule has 1 unspecified atom stereocenters. The van der Waals surface area contributed by atoms with E-state index in [1.54, 1.807) is 11.8 Å². The summed E-state index contributed by atoms with van der Waals surface area (Å²) in [5, 5.41) is 4.01. The van der Waals surface area contributed by atoms with Crippen molar-refractivity contribution in [2.75, 3.05) is 0 Å². The van der Waals surface area contributed by atoms with Crippen LogP contribution in [0.4, 0.5) is 0 Å². The van der Waals surface area contributed by atoms with Crippen molar-refractivity contribution in [3.63, 3.8) is 0 Å². The van der Waals surface area contributed by atoms with E-state index in [9.17, 15) is 4.79 Å². The Hall–Kier alpha value is -1.62. The fraction of sp³-hybridized carbons (Fsp3) is 0.438. The second-order valence-corrected chi connectivity index (χ2v) is 6.32. The number of benzene rings is 1. The zero-order valence-corrected chi connectivity index (χ0v) is 12.6. The first kappa shape index (κ1) is 14.3. The van der Waals surface area contributed by atoms with Crippen LogP contribution in [0.3, 0.4) is 0 Å². The molecule has 3 rings (SSSR count). The predicted octanol–water partition coefficient (Wildman–Crippen LogP) is 3.98. The summed E-state index contributed by atoms with van der Waals surface area (Å²) < 4.78 is 5.32. The third kappa shape index (κ3) is 3.73. The molecule has 5 heteroatoms. The highest BCUT2D eigenvalue weighted by molar-refractivity contribution is 7.98. The van der Waals surface area contributed by atoms with Crippen molar-refractivity contribution in [3.8, 4) is 0 Å². The number of ketones is 1. The van der Waals surface area contributed by atoms with Gasteiger partial charge in [0.05, 0.1) is 11.7 Å². The molecule has 0 N–H and O–H groups in total. The van der Waals surface area contributed by atoms with E-state index in [1.807, 2.05) is 18.2 Å². The SMILES string of the molecule is O=C1CCCCCC1c1nc(CSc2ccccc2)no1. The molecule has 1 saturated carbocycles. The number of aromatic nitrogens is 2. The van der Waals surface area contributed by atoms with Crippen LogP contribution in [0.5, 0.6) is 0 Å². The van der Waals surface area contributed by atoms with Gasteiger partial charge in [-0.05, 0) is 25.0 Å². The minimum atomic E-state index is -0.185. The lowest BCUT2D eigenvalue weighted by Gasteiger charge is -2.06. The summed E-state index contributed by atoms with van der Waals surface area (Å²) in [5.74, 6) is 1.89. The molecule has 0 saturated heterocycles. The summed E-state index contributed by atoms with van der Waals surface area (Å²) in [6.45, 7) is 0. The summed E-state index contributed by atoms with van der Waals surface area (Å²) in [6, 6.07) is 10.1. The smallest absolute Gasteiger partial charge is 0.237 e. The van der Waals surface area contributed by atoms with Crippen LogP contribution in [0.1, 0.15) is 49.7 Å². The van der Waals surface area contributed by atoms with E-state index in [-0.39, 0.29) is 11.7 Å². The molecule has 21 heavy (non-hydrogen) atoms. The normalized spacial score (nSPS) is 19.4. The van der Waals surface area contributed by atoms with E-state index < -0.39 is 0 Å². The molecule has 1 fully saturated rings. The molecule has 1 aromatic heterocycles. The van der Waals surface area contributed by atoms with Gasteiger partial charge < -0.3 is 4.52 Å². The molecule has 0 amide bonds. The van der Waals surface area contributed by atoms with Crippen molar-refractivity contribution in [3.05, 3.63) is 42.0 Å². The molecular weight excluding hydrogens is 284 g/mol. The lowest BCUT2D eigenvalue weighted by molar-refractivity contribution is -0.120. The molecule has 1 aliphatic rings. The molecule has 2 aromatic rings. The van der Waals surface area contributed by atoms with Crippen LogP contribution < -0.4 is 0 Å². The molecule has 1 atom stereocenters.